The van der Waals surface area contributed by atoms with Crippen LogP contribution in [0, 0.1) is 0 Å². The Balaban J connectivity index is 2.81. The molecule has 0 radical (unpaired) electrons. The Morgan fingerprint density at radius 1 is 1.47 bits per heavy atom. The molecule has 2 rings (SSSR count). The minimum absolute atomic E-state index is 0.270. The molecule has 0 fully saturated rings. The van der Waals surface area contributed by atoms with Crippen LogP contribution in [0.15, 0.2) is 22.8 Å². The van der Waals surface area contributed by atoms with Gasteiger partial charge in [-0.25, -0.2) is 0 Å². The lowest BCUT2D eigenvalue weighted by atomic mass is 10.2. The SMILES string of the molecule is CC(C)n1nc2c(C=O)cccc2c1Br. The van der Waals surface area contributed by atoms with Crippen LogP contribution in [0.5, 0.6) is 0 Å². The fraction of sp³-hybridized carbons (Fsp3) is 0.273. The Labute approximate surface area is 96.2 Å². The molecule has 0 aliphatic heterocycles. The van der Waals surface area contributed by atoms with E-state index in [0.717, 1.165) is 21.8 Å². The van der Waals surface area contributed by atoms with Crippen LogP contribution < -0.4 is 0 Å². The Morgan fingerprint density at radius 2 is 2.20 bits per heavy atom. The van der Waals surface area contributed by atoms with Crippen molar-refractivity contribution in [2.45, 2.75) is 19.9 Å². The normalized spacial score (nSPS) is 11.2. The van der Waals surface area contributed by atoms with E-state index in [4.69, 9.17) is 0 Å². The number of hydrogen-bond acceptors (Lipinski definition) is 2. The molecule has 0 N–H and O–H groups in total. The van der Waals surface area contributed by atoms with Crippen molar-refractivity contribution in [3.63, 3.8) is 0 Å². The van der Waals surface area contributed by atoms with Crippen molar-refractivity contribution in [1.82, 2.24) is 9.78 Å². The van der Waals surface area contributed by atoms with Crippen LogP contribution in [0.25, 0.3) is 10.9 Å². The first-order valence-corrected chi connectivity index (χ1v) is 5.56. The standard InChI is InChI=1S/C11H11BrN2O/c1-7(2)14-11(12)9-5-3-4-8(6-15)10(9)13-14/h3-7H,1-2H3. The number of aldehydes is 1. The second-order valence-electron chi connectivity index (χ2n) is 3.69. The Bertz CT molecular complexity index is 517. The van der Waals surface area contributed by atoms with Gasteiger partial charge in [-0.15, -0.1) is 0 Å². The summed E-state index contributed by atoms with van der Waals surface area (Å²) in [4.78, 5) is 10.8. The van der Waals surface area contributed by atoms with Gasteiger partial charge in [-0.3, -0.25) is 9.48 Å². The van der Waals surface area contributed by atoms with E-state index in [-0.39, 0.29) is 6.04 Å². The van der Waals surface area contributed by atoms with Crippen LogP contribution in [0.3, 0.4) is 0 Å². The summed E-state index contributed by atoms with van der Waals surface area (Å²) in [7, 11) is 0. The number of hydrogen-bond donors (Lipinski definition) is 0. The monoisotopic (exact) mass is 266 g/mol. The fourth-order valence-electron chi connectivity index (χ4n) is 1.55. The van der Waals surface area contributed by atoms with Gasteiger partial charge >= 0.3 is 0 Å². The molecule has 0 bridgehead atoms. The zero-order valence-electron chi connectivity index (χ0n) is 8.57. The highest BCUT2D eigenvalue weighted by Gasteiger charge is 2.12. The largest absolute Gasteiger partial charge is 0.298 e. The highest BCUT2D eigenvalue weighted by atomic mass is 79.9. The van der Waals surface area contributed by atoms with Crippen molar-refractivity contribution >= 4 is 33.1 Å². The van der Waals surface area contributed by atoms with Gasteiger partial charge in [-0.1, -0.05) is 6.07 Å². The van der Waals surface area contributed by atoms with Crippen molar-refractivity contribution in [3.05, 3.63) is 28.4 Å². The molecule has 0 aliphatic carbocycles. The van der Waals surface area contributed by atoms with Crippen molar-refractivity contribution in [1.29, 1.82) is 0 Å². The predicted molar refractivity (Wildman–Crippen MR) is 63.2 cm³/mol. The van der Waals surface area contributed by atoms with Gasteiger partial charge in [0.1, 0.15) is 10.1 Å². The first-order chi connectivity index (χ1) is 7.15. The van der Waals surface area contributed by atoms with Crippen LogP contribution in [-0.4, -0.2) is 16.1 Å². The molecule has 1 aromatic carbocycles. The van der Waals surface area contributed by atoms with E-state index >= 15 is 0 Å². The summed E-state index contributed by atoms with van der Waals surface area (Å²) in [6.45, 7) is 4.11. The maximum Gasteiger partial charge on any atom is 0.152 e. The van der Waals surface area contributed by atoms with Crippen LogP contribution in [-0.2, 0) is 0 Å². The first kappa shape index (κ1) is 10.4. The lowest BCUT2D eigenvalue weighted by molar-refractivity contribution is 0.112. The third-order valence-corrected chi connectivity index (χ3v) is 3.10. The molecule has 1 aromatic heterocycles. The number of fused-ring (bicyclic) bond motifs is 1. The highest BCUT2D eigenvalue weighted by molar-refractivity contribution is 9.10. The molecule has 0 unspecified atom stereocenters. The average molecular weight is 267 g/mol. The molecule has 0 spiro atoms. The van der Waals surface area contributed by atoms with Crippen molar-refractivity contribution in [2.24, 2.45) is 0 Å². The van der Waals surface area contributed by atoms with Gasteiger partial charge in [-0.2, -0.15) is 5.10 Å². The third kappa shape index (κ3) is 1.59. The molecule has 2 aromatic rings. The van der Waals surface area contributed by atoms with Crippen LogP contribution in [0.2, 0.25) is 0 Å². The minimum Gasteiger partial charge on any atom is -0.298 e. The summed E-state index contributed by atoms with van der Waals surface area (Å²) in [5.74, 6) is 0. The molecule has 0 saturated carbocycles. The van der Waals surface area contributed by atoms with E-state index in [9.17, 15) is 4.79 Å². The molecule has 0 aliphatic rings. The molecule has 0 amide bonds. The number of halogens is 1. The summed E-state index contributed by atoms with van der Waals surface area (Å²) in [5.41, 5.74) is 1.39. The summed E-state index contributed by atoms with van der Waals surface area (Å²) in [6.07, 6.45) is 0.840. The zero-order valence-corrected chi connectivity index (χ0v) is 10.2. The van der Waals surface area contributed by atoms with Gasteiger partial charge in [0.15, 0.2) is 6.29 Å². The molecule has 0 saturated heterocycles. The third-order valence-electron chi connectivity index (χ3n) is 2.31. The zero-order chi connectivity index (χ0) is 11.0. The topological polar surface area (TPSA) is 34.9 Å². The molecule has 1 heterocycles. The molecule has 4 heteroatoms. The summed E-state index contributed by atoms with van der Waals surface area (Å²) in [6, 6.07) is 5.87. The molecular formula is C11H11BrN2O. The van der Waals surface area contributed by atoms with E-state index < -0.39 is 0 Å². The van der Waals surface area contributed by atoms with Crippen molar-refractivity contribution in [3.8, 4) is 0 Å². The average Bonchev–Trinajstić information content (AvgIpc) is 2.56. The van der Waals surface area contributed by atoms with Crippen molar-refractivity contribution < 1.29 is 4.79 Å². The minimum atomic E-state index is 0.270. The predicted octanol–water partition coefficient (Wildman–Crippen LogP) is 3.19. The van der Waals surface area contributed by atoms with E-state index in [1.165, 1.54) is 0 Å². The van der Waals surface area contributed by atoms with E-state index in [0.29, 0.717) is 5.56 Å². The smallest absolute Gasteiger partial charge is 0.152 e. The lowest BCUT2D eigenvalue weighted by Gasteiger charge is -2.05. The highest BCUT2D eigenvalue weighted by Crippen LogP contribution is 2.27. The van der Waals surface area contributed by atoms with E-state index in [1.807, 2.05) is 16.8 Å². The summed E-state index contributed by atoms with van der Waals surface area (Å²) < 4.78 is 2.80. The quantitative estimate of drug-likeness (QED) is 0.783. The second kappa shape index (κ2) is 3.77. The Hall–Kier alpha value is -1.16. The lowest BCUT2D eigenvalue weighted by Crippen LogP contribution is -2.02. The molecule has 15 heavy (non-hydrogen) atoms. The maximum absolute atomic E-state index is 10.8. The van der Waals surface area contributed by atoms with Gasteiger partial charge < -0.3 is 0 Å². The van der Waals surface area contributed by atoms with Gasteiger partial charge in [0.05, 0.1) is 0 Å². The Kier molecular flexibility index (Phi) is 2.61. The summed E-state index contributed by atoms with van der Waals surface area (Å²) >= 11 is 3.50. The second-order valence-corrected chi connectivity index (χ2v) is 4.44. The van der Waals surface area contributed by atoms with Gasteiger partial charge in [0, 0.05) is 17.0 Å². The number of carbonyl (C=O) groups excluding carboxylic acids is 1. The van der Waals surface area contributed by atoms with Crippen LogP contribution in [0.1, 0.15) is 30.2 Å². The van der Waals surface area contributed by atoms with Crippen LogP contribution >= 0.6 is 15.9 Å². The number of nitrogens with zero attached hydrogens (tertiary/aromatic N) is 2. The van der Waals surface area contributed by atoms with E-state index in [2.05, 4.69) is 34.9 Å². The van der Waals surface area contributed by atoms with Gasteiger partial charge in [0.25, 0.3) is 0 Å². The molecule has 78 valence electrons. The first-order valence-electron chi connectivity index (χ1n) is 4.77. The fourth-order valence-corrected chi connectivity index (χ4v) is 2.36. The number of benzene rings is 1. The van der Waals surface area contributed by atoms with E-state index in [1.54, 1.807) is 6.07 Å². The number of rotatable bonds is 2. The molecule has 0 atom stereocenters. The number of aromatic nitrogens is 2. The van der Waals surface area contributed by atoms with Crippen LogP contribution in [0.4, 0.5) is 0 Å². The van der Waals surface area contributed by atoms with Crippen molar-refractivity contribution in [2.75, 3.05) is 0 Å². The molecular weight excluding hydrogens is 256 g/mol. The van der Waals surface area contributed by atoms with Gasteiger partial charge in [-0.05, 0) is 41.9 Å². The Morgan fingerprint density at radius 3 is 2.80 bits per heavy atom. The maximum atomic E-state index is 10.8. The number of carbonyl (C=O) groups is 1. The molecule has 3 nitrogen and oxygen atoms in total. The van der Waals surface area contributed by atoms with Gasteiger partial charge in [0.2, 0.25) is 0 Å². The summed E-state index contributed by atoms with van der Waals surface area (Å²) in [5, 5.41) is 5.40.